The lowest BCUT2D eigenvalue weighted by Crippen LogP contribution is -2.28. The van der Waals surface area contributed by atoms with Gasteiger partial charge in [-0.15, -0.1) is 0 Å². The highest BCUT2D eigenvalue weighted by Gasteiger charge is 2.16. The topological polar surface area (TPSA) is 62.6 Å². The molecule has 0 bridgehead atoms. The van der Waals surface area contributed by atoms with E-state index in [1.165, 1.54) is 18.1 Å². The van der Waals surface area contributed by atoms with Crippen LogP contribution in [0.25, 0.3) is 11.0 Å². The number of aromatic nitrogens is 2. The van der Waals surface area contributed by atoms with Gasteiger partial charge >= 0.3 is 5.97 Å². The Morgan fingerprint density at radius 1 is 1.11 bits per heavy atom. The lowest BCUT2D eigenvalue weighted by Gasteiger charge is -2.19. The number of ether oxygens (including phenoxy) is 3. The summed E-state index contributed by atoms with van der Waals surface area (Å²) in [7, 11) is 1.62. The van der Waals surface area contributed by atoms with Crippen molar-refractivity contribution in [3.05, 3.63) is 53.9 Å². The van der Waals surface area contributed by atoms with E-state index in [0.29, 0.717) is 12.3 Å². The number of fused-ring (bicyclic) bond motifs is 1. The molecule has 0 fully saturated rings. The predicted octanol–water partition coefficient (Wildman–Crippen LogP) is 3.67. The summed E-state index contributed by atoms with van der Waals surface area (Å²) in [5.41, 5.74) is 4.34. The van der Waals surface area contributed by atoms with Crippen LogP contribution >= 0.6 is 0 Å². The molecule has 0 saturated heterocycles. The molecule has 0 unspecified atom stereocenters. The smallest absolute Gasteiger partial charge is 0.303 e. The zero-order valence-corrected chi connectivity index (χ0v) is 16.1. The second kappa shape index (κ2) is 8.12. The molecule has 2 aromatic carbocycles. The Morgan fingerprint density at radius 2 is 1.78 bits per heavy atom. The molecule has 3 rings (SSSR count). The number of esters is 1. The molecule has 0 spiro atoms. The molecule has 0 aliphatic heterocycles. The van der Waals surface area contributed by atoms with E-state index in [-0.39, 0.29) is 12.6 Å². The number of rotatable bonds is 7. The number of hydrogen-bond acceptors (Lipinski definition) is 5. The van der Waals surface area contributed by atoms with Crippen LogP contribution in [-0.2, 0) is 16.1 Å². The quantitative estimate of drug-likeness (QED) is 0.596. The number of nitrogens with zero attached hydrogens (tertiary/aromatic N) is 2. The number of carbonyl (C=O) groups is 1. The highest BCUT2D eigenvalue weighted by molar-refractivity contribution is 5.77. The Balaban J connectivity index is 1.74. The Labute approximate surface area is 158 Å². The molecule has 1 heterocycles. The second-order valence-electron chi connectivity index (χ2n) is 6.54. The summed E-state index contributed by atoms with van der Waals surface area (Å²) in [5.74, 6) is 1.11. The number of methoxy groups -OCH3 is 1. The van der Waals surface area contributed by atoms with Crippen molar-refractivity contribution in [1.82, 2.24) is 9.55 Å². The molecule has 0 radical (unpaired) electrons. The summed E-state index contributed by atoms with van der Waals surface area (Å²) in [4.78, 5) is 16.0. The third kappa shape index (κ3) is 4.58. The minimum absolute atomic E-state index is 0.246. The van der Waals surface area contributed by atoms with E-state index in [4.69, 9.17) is 14.2 Å². The van der Waals surface area contributed by atoms with Crippen molar-refractivity contribution in [2.45, 2.75) is 33.4 Å². The Hall–Kier alpha value is -3.02. The van der Waals surface area contributed by atoms with Gasteiger partial charge in [0.25, 0.3) is 0 Å². The van der Waals surface area contributed by atoms with Crippen LogP contribution in [0, 0.1) is 13.8 Å². The maximum atomic E-state index is 11.5. The highest BCUT2D eigenvalue weighted by atomic mass is 16.6. The molecule has 0 saturated carbocycles. The fourth-order valence-corrected chi connectivity index (χ4v) is 2.90. The van der Waals surface area contributed by atoms with Gasteiger partial charge in [-0.3, -0.25) is 4.79 Å². The van der Waals surface area contributed by atoms with Gasteiger partial charge in [-0.05, 0) is 61.4 Å². The molecular weight excluding hydrogens is 344 g/mol. The van der Waals surface area contributed by atoms with Gasteiger partial charge in [-0.2, -0.15) is 0 Å². The molecule has 0 aliphatic carbocycles. The summed E-state index contributed by atoms with van der Waals surface area (Å²) < 4.78 is 18.4. The van der Waals surface area contributed by atoms with Gasteiger partial charge in [0.15, 0.2) is 6.10 Å². The molecule has 3 aromatic rings. The van der Waals surface area contributed by atoms with Crippen LogP contribution in [0.4, 0.5) is 0 Å². The fraction of sp³-hybridized carbons (Fsp3) is 0.333. The number of benzene rings is 2. The van der Waals surface area contributed by atoms with E-state index < -0.39 is 6.10 Å². The van der Waals surface area contributed by atoms with E-state index >= 15 is 0 Å². The van der Waals surface area contributed by atoms with Crippen molar-refractivity contribution in [3.63, 3.8) is 0 Å². The van der Waals surface area contributed by atoms with Gasteiger partial charge in [0.05, 0.1) is 31.0 Å². The first-order valence-corrected chi connectivity index (χ1v) is 8.82. The first-order chi connectivity index (χ1) is 13.0. The first kappa shape index (κ1) is 18.8. The number of carbonyl (C=O) groups excluding carboxylic acids is 1. The SMILES string of the molecule is COc1ccc(OC[C@@H](Cn2cnc3cc(C)c(C)cc32)OC(C)=O)cc1. The standard InChI is InChI=1S/C21H24N2O4/c1-14-9-20-21(10-15(14)2)23(13-22-20)11-19(27-16(3)24)12-26-18-7-5-17(25-4)6-8-18/h5-10,13,19H,11-12H2,1-4H3/t19-/m1/s1. The van der Waals surface area contributed by atoms with E-state index in [1.807, 2.05) is 28.8 Å². The Morgan fingerprint density at radius 3 is 2.44 bits per heavy atom. The van der Waals surface area contributed by atoms with Crippen LogP contribution in [0.15, 0.2) is 42.7 Å². The summed E-state index contributed by atoms with van der Waals surface area (Å²) >= 11 is 0. The predicted molar refractivity (Wildman–Crippen MR) is 103 cm³/mol. The minimum atomic E-state index is -0.427. The average molecular weight is 368 g/mol. The molecular formula is C21H24N2O4. The Bertz CT molecular complexity index is 931. The van der Waals surface area contributed by atoms with Crippen LogP contribution < -0.4 is 9.47 Å². The van der Waals surface area contributed by atoms with Crippen LogP contribution in [0.3, 0.4) is 0 Å². The van der Waals surface area contributed by atoms with Crippen molar-refractivity contribution < 1.29 is 19.0 Å². The van der Waals surface area contributed by atoms with Gasteiger partial charge in [0, 0.05) is 6.92 Å². The summed E-state index contributed by atoms with van der Waals surface area (Å²) in [6.45, 7) is 6.26. The zero-order valence-electron chi connectivity index (χ0n) is 16.1. The molecule has 0 N–H and O–H groups in total. The maximum Gasteiger partial charge on any atom is 0.303 e. The fourth-order valence-electron chi connectivity index (χ4n) is 2.90. The van der Waals surface area contributed by atoms with E-state index in [0.717, 1.165) is 16.8 Å². The van der Waals surface area contributed by atoms with Crippen LogP contribution in [0.1, 0.15) is 18.1 Å². The monoisotopic (exact) mass is 368 g/mol. The van der Waals surface area contributed by atoms with Crippen molar-refractivity contribution in [2.24, 2.45) is 0 Å². The van der Waals surface area contributed by atoms with Gasteiger partial charge < -0.3 is 18.8 Å². The van der Waals surface area contributed by atoms with Gasteiger partial charge in [-0.1, -0.05) is 0 Å². The minimum Gasteiger partial charge on any atom is -0.497 e. The van der Waals surface area contributed by atoms with Crippen molar-refractivity contribution in [2.75, 3.05) is 13.7 Å². The van der Waals surface area contributed by atoms with E-state index in [9.17, 15) is 4.79 Å². The maximum absolute atomic E-state index is 11.5. The zero-order chi connectivity index (χ0) is 19.4. The molecule has 142 valence electrons. The summed E-state index contributed by atoms with van der Waals surface area (Å²) in [6, 6.07) is 11.5. The number of hydrogen-bond donors (Lipinski definition) is 0. The lowest BCUT2D eigenvalue weighted by atomic mass is 10.1. The van der Waals surface area contributed by atoms with Gasteiger partial charge in [0.2, 0.25) is 0 Å². The third-order valence-corrected chi connectivity index (χ3v) is 4.46. The van der Waals surface area contributed by atoms with E-state index in [2.05, 4.69) is 31.0 Å². The van der Waals surface area contributed by atoms with Gasteiger partial charge in [-0.25, -0.2) is 4.98 Å². The number of imidazole rings is 1. The largest absolute Gasteiger partial charge is 0.497 e. The third-order valence-electron chi connectivity index (χ3n) is 4.46. The van der Waals surface area contributed by atoms with E-state index in [1.54, 1.807) is 13.4 Å². The van der Waals surface area contributed by atoms with Crippen molar-refractivity contribution in [3.8, 4) is 11.5 Å². The molecule has 1 aromatic heterocycles. The molecule has 27 heavy (non-hydrogen) atoms. The van der Waals surface area contributed by atoms with Crippen LogP contribution in [0.2, 0.25) is 0 Å². The van der Waals surface area contributed by atoms with Gasteiger partial charge in [0.1, 0.15) is 18.1 Å². The normalized spacial score (nSPS) is 12.0. The number of aryl methyl sites for hydroxylation is 2. The van der Waals surface area contributed by atoms with Crippen molar-refractivity contribution >= 4 is 17.0 Å². The first-order valence-electron chi connectivity index (χ1n) is 8.82. The van der Waals surface area contributed by atoms with Crippen LogP contribution in [-0.4, -0.2) is 35.3 Å². The average Bonchev–Trinajstić information content (AvgIpc) is 3.01. The lowest BCUT2D eigenvalue weighted by molar-refractivity contribution is -0.148. The van der Waals surface area contributed by atoms with Crippen LogP contribution in [0.5, 0.6) is 11.5 Å². The summed E-state index contributed by atoms with van der Waals surface area (Å²) in [5, 5.41) is 0. The highest BCUT2D eigenvalue weighted by Crippen LogP contribution is 2.20. The molecule has 1 atom stereocenters. The molecule has 6 nitrogen and oxygen atoms in total. The Kier molecular flexibility index (Phi) is 5.64. The molecule has 0 aliphatic rings. The summed E-state index contributed by atoms with van der Waals surface area (Å²) in [6.07, 6.45) is 1.34. The van der Waals surface area contributed by atoms with Crippen molar-refractivity contribution in [1.29, 1.82) is 0 Å². The molecule has 0 amide bonds. The second-order valence-corrected chi connectivity index (χ2v) is 6.54. The molecule has 6 heteroatoms.